The predicted octanol–water partition coefficient (Wildman–Crippen LogP) is 1.96. The van der Waals surface area contributed by atoms with Gasteiger partial charge in [-0.15, -0.1) is 11.3 Å². The summed E-state index contributed by atoms with van der Waals surface area (Å²) in [7, 11) is 0. The average molecular weight is 254 g/mol. The van der Waals surface area contributed by atoms with Crippen molar-refractivity contribution >= 4 is 17.3 Å². The lowest BCUT2D eigenvalue weighted by molar-refractivity contribution is 0.791. The third kappa shape index (κ3) is 5.68. The minimum atomic E-state index is 0.841. The summed E-state index contributed by atoms with van der Waals surface area (Å²) in [4.78, 5) is 8.94. The number of thiazole rings is 1. The van der Waals surface area contributed by atoms with Crippen molar-refractivity contribution in [2.45, 2.75) is 33.6 Å². The summed E-state index contributed by atoms with van der Waals surface area (Å²) in [5.74, 6) is 0.908. The lowest BCUT2D eigenvalue weighted by Gasteiger charge is -2.08. The van der Waals surface area contributed by atoms with Crippen molar-refractivity contribution in [2.75, 3.05) is 19.6 Å². The lowest BCUT2D eigenvalue weighted by atomic mass is 10.3. The molecular formula is C12H22N4S. The second kappa shape index (κ2) is 8.06. The SMILES string of the molecule is CCNC(=NCCCc1nc(C)cs1)NCC. The molecule has 0 aliphatic heterocycles. The molecule has 2 N–H and O–H groups in total. The second-order valence-electron chi connectivity index (χ2n) is 3.78. The van der Waals surface area contributed by atoms with E-state index in [2.05, 4.69) is 39.8 Å². The Kier molecular flexibility index (Phi) is 6.62. The lowest BCUT2D eigenvalue weighted by Crippen LogP contribution is -2.37. The van der Waals surface area contributed by atoms with Gasteiger partial charge in [0.25, 0.3) is 0 Å². The van der Waals surface area contributed by atoms with E-state index in [-0.39, 0.29) is 0 Å². The fourth-order valence-corrected chi connectivity index (χ4v) is 2.27. The largest absolute Gasteiger partial charge is 0.357 e. The van der Waals surface area contributed by atoms with E-state index in [1.54, 1.807) is 11.3 Å². The van der Waals surface area contributed by atoms with Crippen molar-refractivity contribution in [3.63, 3.8) is 0 Å². The van der Waals surface area contributed by atoms with Gasteiger partial charge in [-0.3, -0.25) is 4.99 Å². The summed E-state index contributed by atoms with van der Waals surface area (Å²) >= 11 is 1.74. The number of aromatic nitrogens is 1. The minimum absolute atomic E-state index is 0.841. The molecule has 96 valence electrons. The molecule has 0 saturated heterocycles. The molecule has 4 nitrogen and oxygen atoms in total. The number of guanidine groups is 1. The minimum Gasteiger partial charge on any atom is -0.357 e. The van der Waals surface area contributed by atoms with Crippen LogP contribution in [0.4, 0.5) is 0 Å². The Labute approximate surface area is 108 Å². The fraction of sp³-hybridized carbons (Fsp3) is 0.667. The van der Waals surface area contributed by atoms with Gasteiger partial charge in [0.1, 0.15) is 0 Å². The zero-order valence-corrected chi connectivity index (χ0v) is 11.7. The van der Waals surface area contributed by atoms with Gasteiger partial charge in [0.15, 0.2) is 5.96 Å². The van der Waals surface area contributed by atoms with E-state index in [4.69, 9.17) is 0 Å². The number of nitrogens with one attached hydrogen (secondary N) is 2. The summed E-state index contributed by atoms with van der Waals surface area (Å²) in [5.41, 5.74) is 1.12. The standard InChI is InChI=1S/C12H22N4S/c1-4-13-12(14-5-2)15-8-6-7-11-16-10(3)9-17-11/h9H,4-8H2,1-3H3,(H2,13,14,15). The molecule has 0 amide bonds. The van der Waals surface area contributed by atoms with Crippen LogP contribution >= 0.6 is 11.3 Å². The molecule has 0 atom stereocenters. The van der Waals surface area contributed by atoms with Gasteiger partial charge in [-0.05, 0) is 27.2 Å². The third-order valence-electron chi connectivity index (χ3n) is 2.17. The third-order valence-corrected chi connectivity index (χ3v) is 3.20. The maximum Gasteiger partial charge on any atom is 0.191 e. The first-order chi connectivity index (χ1) is 8.26. The van der Waals surface area contributed by atoms with E-state index in [1.807, 2.05) is 6.92 Å². The quantitative estimate of drug-likeness (QED) is 0.463. The van der Waals surface area contributed by atoms with Gasteiger partial charge in [-0.2, -0.15) is 0 Å². The van der Waals surface area contributed by atoms with Gasteiger partial charge in [0.05, 0.1) is 5.01 Å². The van der Waals surface area contributed by atoms with E-state index in [9.17, 15) is 0 Å². The summed E-state index contributed by atoms with van der Waals surface area (Å²) in [6.07, 6.45) is 2.07. The molecule has 1 heterocycles. The van der Waals surface area contributed by atoms with Crippen LogP contribution in [0.2, 0.25) is 0 Å². The highest BCUT2D eigenvalue weighted by Gasteiger charge is 1.98. The zero-order chi connectivity index (χ0) is 12.5. The monoisotopic (exact) mass is 254 g/mol. The van der Waals surface area contributed by atoms with Gasteiger partial charge < -0.3 is 10.6 Å². The van der Waals surface area contributed by atoms with Gasteiger partial charge in [0, 0.05) is 37.1 Å². The van der Waals surface area contributed by atoms with E-state index in [0.717, 1.165) is 44.1 Å². The molecular weight excluding hydrogens is 232 g/mol. The van der Waals surface area contributed by atoms with Crippen molar-refractivity contribution in [1.29, 1.82) is 0 Å². The Morgan fingerprint density at radius 3 is 2.59 bits per heavy atom. The number of hydrogen-bond acceptors (Lipinski definition) is 3. The smallest absolute Gasteiger partial charge is 0.191 e. The van der Waals surface area contributed by atoms with Crippen LogP contribution in [0.5, 0.6) is 0 Å². The first-order valence-corrected chi connectivity index (χ1v) is 7.07. The highest BCUT2D eigenvalue weighted by Crippen LogP contribution is 2.10. The molecule has 17 heavy (non-hydrogen) atoms. The number of aryl methyl sites for hydroxylation is 2. The van der Waals surface area contributed by atoms with Crippen LogP contribution in [0.15, 0.2) is 10.4 Å². The summed E-state index contributed by atoms with van der Waals surface area (Å²) in [5, 5.41) is 9.74. The number of aliphatic imine (C=N–C) groups is 1. The van der Waals surface area contributed by atoms with Crippen LogP contribution in [0, 0.1) is 6.92 Å². The molecule has 1 aromatic heterocycles. The van der Waals surface area contributed by atoms with Crippen molar-refractivity contribution in [2.24, 2.45) is 4.99 Å². The average Bonchev–Trinajstić information content (AvgIpc) is 2.71. The van der Waals surface area contributed by atoms with Crippen LogP contribution in [0.1, 0.15) is 31.0 Å². The zero-order valence-electron chi connectivity index (χ0n) is 10.9. The second-order valence-corrected chi connectivity index (χ2v) is 4.72. The molecule has 1 rings (SSSR count). The van der Waals surface area contributed by atoms with Gasteiger partial charge in [-0.1, -0.05) is 0 Å². The first-order valence-electron chi connectivity index (χ1n) is 6.19. The maximum atomic E-state index is 4.50. The van der Waals surface area contributed by atoms with Crippen molar-refractivity contribution in [3.8, 4) is 0 Å². The normalized spacial score (nSPS) is 10.1. The van der Waals surface area contributed by atoms with E-state index >= 15 is 0 Å². The van der Waals surface area contributed by atoms with Gasteiger partial charge in [0.2, 0.25) is 0 Å². The number of hydrogen-bond donors (Lipinski definition) is 2. The number of rotatable bonds is 6. The maximum absolute atomic E-state index is 4.50. The molecule has 0 aliphatic rings. The van der Waals surface area contributed by atoms with Crippen molar-refractivity contribution in [1.82, 2.24) is 15.6 Å². The van der Waals surface area contributed by atoms with Crippen molar-refractivity contribution < 1.29 is 0 Å². The Hall–Kier alpha value is -1.10. The summed E-state index contributed by atoms with van der Waals surface area (Å²) < 4.78 is 0. The fourth-order valence-electron chi connectivity index (χ4n) is 1.45. The topological polar surface area (TPSA) is 49.3 Å². The molecule has 0 bridgehead atoms. The van der Waals surface area contributed by atoms with Crippen LogP contribution in [0.3, 0.4) is 0 Å². The highest BCUT2D eigenvalue weighted by molar-refractivity contribution is 7.09. The molecule has 0 fully saturated rings. The Morgan fingerprint density at radius 1 is 1.35 bits per heavy atom. The van der Waals surface area contributed by atoms with E-state index < -0.39 is 0 Å². The Bertz CT molecular complexity index is 338. The molecule has 0 aromatic carbocycles. The first kappa shape index (κ1) is 14.0. The van der Waals surface area contributed by atoms with Crippen LogP contribution in [0.25, 0.3) is 0 Å². The molecule has 0 unspecified atom stereocenters. The van der Waals surface area contributed by atoms with Crippen LogP contribution in [-0.2, 0) is 6.42 Å². The number of nitrogens with zero attached hydrogens (tertiary/aromatic N) is 2. The van der Waals surface area contributed by atoms with Crippen molar-refractivity contribution in [3.05, 3.63) is 16.1 Å². The van der Waals surface area contributed by atoms with E-state index in [1.165, 1.54) is 5.01 Å². The van der Waals surface area contributed by atoms with Gasteiger partial charge >= 0.3 is 0 Å². The molecule has 5 heteroatoms. The molecule has 1 aromatic rings. The molecule has 0 saturated carbocycles. The highest BCUT2D eigenvalue weighted by atomic mass is 32.1. The van der Waals surface area contributed by atoms with Gasteiger partial charge in [-0.25, -0.2) is 4.98 Å². The Balaban J connectivity index is 2.27. The molecule has 0 aliphatic carbocycles. The van der Waals surface area contributed by atoms with E-state index in [0.29, 0.717) is 0 Å². The molecule has 0 radical (unpaired) electrons. The predicted molar refractivity (Wildman–Crippen MR) is 74.8 cm³/mol. The summed E-state index contributed by atoms with van der Waals surface area (Å²) in [6.45, 7) is 8.83. The summed E-state index contributed by atoms with van der Waals surface area (Å²) in [6, 6.07) is 0. The molecule has 0 spiro atoms. The Morgan fingerprint density at radius 2 is 2.06 bits per heavy atom. The van der Waals surface area contributed by atoms with Crippen LogP contribution < -0.4 is 10.6 Å². The van der Waals surface area contributed by atoms with Crippen LogP contribution in [-0.4, -0.2) is 30.6 Å².